The molecule has 4 heteroatoms. The summed E-state index contributed by atoms with van der Waals surface area (Å²) in [6.45, 7) is 0. The molecule has 0 aromatic carbocycles. The highest BCUT2D eigenvalue weighted by Crippen LogP contribution is 2.20. The summed E-state index contributed by atoms with van der Waals surface area (Å²) in [4.78, 5) is 10.2. The Labute approximate surface area is 88.4 Å². The van der Waals surface area contributed by atoms with Gasteiger partial charge in [0.25, 0.3) is 0 Å². The molecule has 2 aromatic rings. The Hall–Kier alpha value is -2.10. The van der Waals surface area contributed by atoms with E-state index >= 15 is 0 Å². The van der Waals surface area contributed by atoms with E-state index in [1.54, 1.807) is 18.6 Å². The third kappa shape index (κ3) is 2.04. The zero-order chi connectivity index (χ0) is 10.7. The number of anilines is 3. The molecule has 0 saturated heterocycles. The second kappa shape index (κ2) is 3.96. The average Bonchev–Trinajstić information content (AvgIpc) is 2.30. The maximum Gasteiger partial charge on any atom is 0.132 e. The van der Waals surface area contributed by atoms with Crippen LogP contribution in [0.4, 0.5) is 17.2 Å². The number of hydrogen-bond donors (Lipinski definition) is 1. The third-order valence-corrected chi connectivity index (χ3v) is 2.15. The van der Waals surface area contributed by atoms with Crippen LogP contribution in [0.25, 0.3) is 0 Å². The first kappa shape index (κ1) is 9.45. The average molecular weight is 200 g/mol. The molecule has 2 rings (SSSR count). The molecule has 0 aliphatic heterocycles. The zero-order valence-electron chi connectivity index (χ0n) is 8.46. The van der Waals surface area contributed by atoms with Gasteiger partial charge in [-0.15, -0.1) is 0 Å². The van der Waals surface area contributed by atoms with Gasteiger partial charge >= 0.3 is 0 Å². The Morgan fingerprint density at radius 2 is 2.07 bits per heavy atom. The van der Waals surface area contributed by atoms with Crippen LogP contribution < -0.4 is 10.6 Å². The van der Waals surface area contributed by atoms with E-state index in [1.165, 1.54) is 0 Å². The Morgan fingerprint density at radius 1 is 1.20 bits per heavy atom. The van der Waals surface area contributed by atoms with Crippen molar-refractivity contribution in [2.45, 2.75) is 0 Å². The van der Waals surface area contributed by atoms with Gasteiger partial charge in [0.1, 0.15) is 5.82 Å². The number of nitrogens with two attached hydrogens (primary N) is 1. The molecule has 2 heterocycles. The molecule has 0 bridgehead atoms. The predicted octanol–water partition coefficient (Wildman–Crippen LogP) is 1.83. The van der Waals surface area contributed by atoms with E-state index in [0.29, 0.717) is 5.69 Å². The number of nitrogen functional groups attached to an aromatic ring is 1. The maximum absolute atomic E-state index is 5.57. The molecule has 0 radical (unpaired) electrons. The van der Waals surface area contributed by atoms with Gasteiger partial charge in [-0.1, -0.05) is 0 Å². The molecule has 2 aromatic heterocycles. The van der Waals surface area contributed by atoms with Crippen molar-refractivity contribution in [1.82, 2.24) is 9.97 Å². The summed E-state index contributed by atoms with van der Waals surface area (Å²) >= 11 is 0. The molecule has 0 aliphatic rings. The molecule has 0 fully saturated rings. The monoisotopic (exact) mass is 200 g/mol. The Balaban J connectivity index is 2.29. The summed E-state index contributed by atoms with van der Waals surface area (Å²) < 4.78 is 0. The lowest BCUT2D eigenvalue weighted by molar-refractivity contribution is 1.11. The van der Waals surface area contributed by atoms with Gasteiger partial charge in [0.15, 0.2) is 0 Å². The van der Waals surface area contributed by atoms with E-state index in [2.05, 4.69) is 9.97 Å². The Kier molecular flexibility index (Phi) is 2.49. The number of aromatic nitrogens is 2. The van der Waals surface area contributed by atoms with Crippen molar-refractivity contribution in [2.75, 3.05) is 17.7 Å². The van der Waals surface area contributed by atoms with Gasteiger partial charge in [-0.2, -0.15) is 0 Å². The highest BCUT2D eigenvalue weighted by molar-refractivity contribution is 5.58. The smallest absolute Gasteiger partial charge is 0.132 e. The summed E-state index contributed by atoms with van der Waals surface area (Å²) in [6.07, 6.45) is 5.17. The first-order chi connectivity index (χ1) is 7.27. The molecule has 4 nitrogen and oxygen atoms in total. The molecule has 0 amide bonds. The van der Waals surface area contributed by atoms with E-state index in [4.69, 9.17) is 5.73 Å². The summed E-state index contributed by atoms with van der Waals surface area (Å²) in [6, 6.07) is 7.58. The summed E-state index contributed by atoms with van der Waals surface area (Å²) in [7, 11) is 1.94. The molecule has 0 saturated carbocycles. The first-order valence-corrected chi connectivity index (χ1v) is 4.62. The van der Waals surface area contributed by atoms with Crippen molar-refractivity contribution in [3.63, 3.8) is 0 Å². The third-order valence-electron chi connectivity index (χ3n) is 2.15. The topological polar surface area (TPSA) is 55.0 Å². The summed E-state index contributed by atoms with van der Waals surface area (Å²) in [5.74, 6) is 0.845. The zero-order valence-corrected chi connectivity index (χ0v) is 8.46. The fourth-order valence-electron chi connectivity index (χ4n) is 1.28. The fourth-order valence-corrected chi connectivity index (χ4v) is 1.28. The standard InChI is InChI=1S/C11H12N4/c1-15(10-3-2-6-13-8-10)11-5-4-9(12)7-14-11/h2-8H,12H2,1H3. The van der Waals surface area contributed by atoms with Crippen molar-refractivity contribution < 1.29 is 0 Å². The Bertz CT molecular complexity index is 424. The van der Waals surface area contributed by atoms with Crippen LogP contribution in [0.5, 0.6) is 0 Å². The van der Waals surface area contributed by atoms with E-state index in [1.807, 2.05) is 36.2 Å². The largest absolute Gasteiger partial charge is 0.397 e. The van der Waals surface area contributed by atoms with E-state index < -0.39 is 0 Å². The lowest BCUT2D eigenvalue weighted by Crippen LogP contribution is -2.11. The normalized spacial score (nSPS) is 9.93. The predicted molar refractivity (Wildman–Crippen MR) is 60.9 cm³/mol. The second-order valence-electron chi connectivity index (χ2n) is 3.22. The Morgan fingerprint density at radius 3 is 2.67 bits per heavy atom. The fraction of sp³-hybridized carbons (Fsp3) is 0.0909. The maximum atomic E-state index is 5.57. The van der Waals surface area contributed by atoms with Crippen LogP contribution in [0.1, 0.15) is 0 Å². The summed E-state index contributed by atoms with van der Waals surface area (Å²) in [5, 5.41) is 0. The minimum atomic E-state index is 0.665. The van der Waals surface area contributed by atoms with Gasteiger partial charge in [0.2, 0.25) is 0 Å². The second-order valence-corrected chi connectivity index (χ2v) is 3.22. The molecule has 15 heavy (non-hydrogen) atoms. The first-order valence-electron chi connectivity index (χ1n) is 4.62. The quantitative estimate of drug-likeness (QED) is 0.803. The molecular weight excluding hydrogens is 188 g/mol. The van der Waals surface area contributed by atoms with Crippen LogP contribution in [-0.2, 0) is 0 Å². The van der Waals surface area contributed by atoms with Gasteiger partial charge in [-0.05, 0) is 24.3 Å². The molecule has 2 N–H and O–H groups in total. The minimum Gasteiger partial charge on any atom is -0.397 e. The van der Waals surface area contributed by atoms with Crippen LogP contribution in [0.3, 0.4) is 0 Å². The van der Waals surface area contributed by atoms with E-state index in [-0.39, 0.29) is 0 Å². The number of pyridine rings is 2. The van der Waals surface area contributed by atoms with Crippen LogP contribution >= 0.6 is 0 Å². The van der Waals surface area contributed by atoms with Crippen molar-refractivity contribution >= 4 is 17.2 Å². The lowest BCUT2D eigenvalue weighted by atomic mass is 10.3. The number of nitrogens with zero attached hydrogens (tertiary/aromatic N) is 3. The van der Waals surface area contributed by atoms with E-state index in [0.717, 1.165) is 11.5 Å². The number of rotatable bonds is 2. The van der Waals surface area contributed by atoms with Crippen LogP contribution in [0, 0.1) is 0 Å². The van der Waals surface area contributed by atoms with Gasteiger partial charge in [-0.3, -0.25) is 4.98 Å². The van der Waals surface area contributed by atoms with Gasteiger partial charge < -0.3 is 10.6 Å². The van der Waals surface area contributed by atoms with Gasteiger partial charge in [-0.25, -0.2) is 4.98 Å². The molecule has 76 valence electrons. The highest BCUT2D eigenvalue weighted by atomic mass is 15.2. The van der Waals surface area contributed by atoms with Gasteiger partial charge in [0, 0.05) is 13.2 Å². The van der Waals surface area contributed by atoms with Gasteiger partial charge in [0.05, 0.1) is 23.8 Å². The number of hydrogen-bond acceptors (Lipinski definition) is 4. The SMILES string of the molecule is CN(c1cccnc1)c1ccc(N)cn1. The van der Waals surface area contributed by atoms with Crippen molar-refractivity contribution in [3.8, 4) is 0 Å². The van der Waals surface area contributed by atoms with Crippen molar-refractivity contribution in [1.29, 1.82) is 0 Å². The summed E-state index contributed by atoms with van der Waals surface area (Å²) in [5.41, 5.74) is 7.23. The van der Waals surface area contributed by atoms with Crippen molar-refractivity contribution in [2.24, 2.45) is 0 Å². The van der Waals surface area contributed by atoms with Crippen molar-refractivity contribution in [3.05, 3.63) is 42.9 Å². The van der Waals surface area contributed by atoms with Crippen LogP contribution in [0.15, 0.2) is 42.9 Å². The minimum absolute atomic E-state index is 0.665. The molecule has 0 unspecified atom stereocenters. The molecule has 0 aliphatic carbocycles. The molecular formula is C11H12N4. The molecule has 0 atom stereocenters. The molecule has 0 spiro atoms. The van der Waals surface area contributed by atoms with Crippen LogP contribution in [0.2, 0.25) is 0 Å². The highest BCUT2D eigenvalue weighted by Gasteiger charge is 2.03. The van der Waals surface area contributed by atoms with E-state index in [9.17, 15) is 0 Å². The van der Waals surface area contributed by atoms with Crippen LogP contribution in [-0.4, -0.2) is 17.0 Å². The lowest BCUT2D eigenvalue weighted by Gasteiger charge is -2.17.